The zero-order valence-electron chi connectivity index (χ0n) is 16.6. The molecule has 0 spiro atoms. The van der Waals surface area contributed by atoms with E-state index in [1.807, 2.05) is 0 Å². The molecule has 0 radical (unpaired) electrons. The third-order valence-electron chi connectivity index (χ3n) is 6.62. The van der Waals surface area contributed by atoms with Crippen molar-refractivity contribution >= 4 is 5.91 Å². The summed E-state index contributed by atoms with van der Waals surface area (Å²) in [5, 5.41) is 3.40. The molecule has 160 valence electrons. The fraction of sp³-hybridized carbons (Fsp3) is 0.682. The summed E-state index contributed by atoms with van der Waals surface area (Å²) >= 11 is 0. The zero-order chi connectivity index (χ0) is 20.4. The zero-order valence-corrected chi connectivity index (χ0v) is 16.6. The van der Waals surface area contributed by atoms with Gasteiger partial charge in [-0.15, -0.1) is 0 Å². The monoisotopic (exact) mass is 410 g/mol. The molecule has 4 atom stereocenters. The molecule has 1 aromatic rings. The van der Waals surface area contributed by atoms with Crippen LogP contribution >= 0.6 is 0 Å². The van der Waals surface area contributed by atoms with E-state index >= 15 is 0 Å². The highest BCUT2D eigenvalue weighted by Gasteiger charge is 2.42. The number of ether oxygens (including phenoxy) is 1. The number of likely N-dealkylation sites (tertiary alicyclic amines) is 1. The molecule has 29 heavy (non-hydrogen) atoms. The van der Waals surface area contributed by atoms with Gasteiger partial charge in [-0.1, -0.05) is 6.07 Å². The molecule has 3 fully saturated rings. The molecule has 3 aliphatic rings. The molecule has 1 aliphatic carbocycles. The molecule has 2 aliphatic heterocycles. The minimum absolute atomic E-state index is 0.203. The Labute approximate surface area is 169 Å². The number of hydrogen-bond donors (Lipinski definition) is 1. The second kappa shape index (κ2) is 8.94. The van der Waals surface area contributed by atoms with E-state index in [0.717, 1.165) is 42.2 Å². The lowest BCUT2D eigenvalue weighted by atomic mass is 9.91. The molecule has 0 aromatic heterocycles. The molecule has 1 amide bonds. The van der Waals surface area contributed by atoms with Crippen LogP contribution in [0.1, 0.15) is 31.2 Å². The van der Waals surface area contributed by atoms with Crippen molar-refractivity contribution in [3.63, 3.8) is 0 Å². The van der Waals surface area contributed by atoms with Gasteiger partial charge in [0.15, 0.2) is 12.3 Å². The molecular formula is C22H29F3N2O2. The Morgan fingerprint density at radius 2 is 1.90 bits per heavy atom. The summed E-state index contributed by atoms with van der Waals surface area (Å²) in [4.78, 5) is 13.3. The van der Waals surface area contributed by atoms with Crippen LogP contribution < -0.4 is 10.1 Å². The van der Waals surface area contributed by atoms with Crippen LogP contribution in [0.25, 0.3) is 0 Å². The van der Waals surface area contributed by atoms with Gasteiger partial charge in [0.1, 0.15) is 11.6 Å². The second-order valence-corrected chi connectivity index (χ2v) is 8.64. The molecule has 2 saturated heterocycles. The topological polar surface area (TPSA) is 41.6 Å². The number of carbonyl (C=O) groups is 1. The maximum atomic E-state index is 14.3. The number of amides is 1. The number of alkyl halides is 2. The fourth-order valence-electron chi connectivity index (χ4n) is 4.74. The number of rotatable bonds is 7. The van der Waals surface area contributed by atoms with Crippen molar-refractivity contribution in [2.75, 3.05) is 32.8 Å². The average Bonchev–Trinajstić information content (AvgIpc) is 3.41. The van der Waals surface area contributed by atoms with E-state index in [9.17, 15) is 18.0 Å². The lowest BCUT2D eigenvalue weighted by Crippen LogP contribution is -2.31. The smallest absolute Gasteiger partial charge is 0.227 e. The third kappa shape index (κ3) is 5.05. The molecule has 4 rings (SSSR count). The van der Waals surface area contributed by atoms with Crippen molar-refractivity contribution in [1.29, 1.82) is 0 Å². The molecule has 0 bridgehead atoms. The SMILES string of the molecule is O=C(Cc1ccc(OCC[C@@H]2C[C@@H]2C2CCNCC2)cc1F)N1C[C@H](F)[C@@H](F)C1. The van der Waals surface area contributed by atoms with Gasteiger partial charge in [-0.3, -0.25) is 4.79 Å². The van der Waals surface area contributed by atoms with Crippen LogP contribution in [-0.2, 0) is 11.2 Å². The minimum Gasteiger partial charge on any atom is -0.493 e. The molecule has 4 nitrogen and oxygen atoms in total. The number of benzene rings is 1. The fourth-order valence-corrected chi connectivity index (χ4v) is 4.74. The standard InChI is InChI=1S/C22H29F3N2O2/c23-19-11-17(29-8-5-15-9-18(15)14-3-6-26-7-4-14)2-1-16(19)10-22(28)27-12-20(24)21(25)13-27/h1-2,11,14-15,18,20-21,26H,3-10,12-13H2/t15-,18-,20+,21+/m1/s1. The van der Waals surface area contributed by atoms with Crippen molar-refractivity contribution < 1.29 is 22.7 Å². The van der Waals surface area contributed by atoms with E-state index in [1.165, 1.54) is 31.4 Å². The summed E-state index contributed by atoms with van der Waals surface area (Å²) in [5.41, 5.74) is 0.216. The first-order valence-electron chi connectivity index (χ1n) is 10.7. The molecule has 0 unspecified atom stereocenters. The van der Waals surface area contributed by atoms with E-state index in [-0.39, 0.29) is 25.1 Å². The lowest BCUT2D eigenvalue weighted by molar-refractivity contribution is -0.129. The Balaban J connectivity index is 1.21. The van der Waals surface area contributed by atoms with Crippen LogP contribution in [0.15, 0.2) is 18.2 Å². The molecule has 1 aromatic carbocycles. The van der Waals surface area contributed by atoms with Gasteiger partial charge in [0, 0.05) is 6.07 Å². The predicted octanol–water partition coefficient (Wildman–Crippen LogP) is 3.29. The summed E-state index contributed by atoms with van der Waals surface area (Å²) in [6.07, 6.45) is 1.29. The Kier molecular flexibility index (Phi) is 6.32. The highest BCUT2D eigenvalue weighted by Crippen LogP contribution is 2.49. The average molecular weight is 410 g/mol. The maximum absolute atomic E-state index is 14.3. The van der Waals surface area contributed by atoms with Crippen LogP contribution in [0.4, 0.5) is 13.2 Å². The van der Waals surface area contributed by atoms with Crippen molar-refractivity contribution in [2.45, 2.75) is 44.4 Å². The van der Waals surface area contributed by atoms with Gasteiger partial charge in [0.25, 0.3) is 0 Å². The van der Waals surface area contributed by atoms with Crippen molar-refractivity contribution in [2.24, 2.45) is 17.8 Å². The first-order valence-corrected chi connectivity index (χ1v) is 10.7. The Bertz CT molecular complexity index is 716. The molecule has 1 saturated carbocycles. The van der Waals surface area contributed by atoms with Crippen LogP contribution in [0, 0.1) is 23.6 Å². The van der Waals surface area contributed by atoms with Crippen LogP contribution in [0.2, 0.25) is 0 Å². The Morgan fingerprint density at radius 3 is 2.59 bits per heavy atom. The number of carbonyl (C=O) groups excluding carboxylic acids is 1. The highest BCUT2D eigenvalue weighted by molar-refractivity contribution is 5.79. The summed E-state index contributed by atoms with van der Waals surface area (Å²) in [7, 11) is 0. The normalized spacial score (nSPS) is 29.8. The number of nitrogens with zero attached hydrogens (tertiary/aromatic N) is 1. The van der Waals surface area contributed by atoms with Crippen LogP contribution in [0.5, 0.6) is 5.75 Å². The second-order valence-electron chi connectivity index (χ2n) is 8.64. The predicted molar refractivity (Wildman–Crippen MR) is 104 cm³/mol. The van der Waals surface area contributed by atoms with Crippen LogP contribution in [0.3, 0.4) is 0 Å². The van der Waals surface area contributed by atoms with Gasteiger partial charge in [-0.25, -0.2) is 13.2 Å². The molecular weight excluding hydrogens is 381 g/mol. The number of piperidine rings is 1. The van der Waals surface area contributed by atoms with Gasteiger partial charge in [-0.2, -0.15) is 0 Å². The van der Waals surface area contributed by atoms with E-state index < -0.39 is 24.1 Å². The summed E-state index contributed by atoms with van der Waals surface area (Å²) < 4.78 is 46.6. The van der Waals surface area contributed by atoms with Gasteiger partial charge in [0.05, 0.1) is 26.1 Å². The number of nitrogens with one attached hydrogen (secondary N) is 1. The minimum atomic E-state index is -1.65. The Hall–Kier alpha value is -1.76. The van der Waals surface area contributed by atoms with E-state index in [2.05, 4.69) is 5.32 Å². The summed E-state index contributed by atoms with van der Waals surface area (Å²) in [6, 6.07) is 4.47. The first kappa shape index (κ1) is 20.5. The van der Waals surface area contributed by atoms with E-state index in [4.69, 9.17) is 4.74 Å². The van der Waals surface area contributed by atoms with Gasteiger partial charge < -0.3 is 15.0 Å². The van der Waals surface area contributed by atoms with E-state index in [0.29, 0.717) is 12.4 Å². The summed E-state index contributed by atoms with van der Waals surface area (Å²) in [6.45, 7) is 2.29. The number of halogens is 3. The number of hydrogen-bond acceptors (Lipinski definition) is 3. The van der Waals surface area contributed by atoms with Crippen LogP contribution in [-0.4, -0.2) is 55.9 Å². The van der Waals surface area contributed by atoms with Gasteiger partial charge in [-0.05, 0) is 68.2 Å². The first-order chi connectivity index (χ1) is 14.0. The molecule has 7 heteroatoms. The molecule has 1 N–H and O–H groups in total. The van der Waals surface area contributed by atoms with Crippen molar-refractivity contribution in [3.8, 4) is 5.75 Å². The Morgan fingerprint density at radius 1 is 1.17 bits per heavy atom. The summed E-state index contributed by atoms with van der Waals surface area (Å²) in [5.74, 6) is 1.85. The van der Waals surface area contributed by atoms with E-state index in [1.54, 1.807) is 6.07 Å². The lowest BCUT2D eigenvalue weighted by Gasteiger charge is -2.22. The molecule has 2 heterocycles. The van der Waals surface area contributed by atoms with Gasteiger partial charge >= 0.3 is 0 Å². The maximum Gasteiger partial charge on any atom is 0.227 e. The van der Waals surface area contributed by atoms with Gasteiger partial charge in [0.2, 0.25) is 5.91 Å². The quantitative estimate of drug-likeness (QED) is 0.750. The van der Waals surface area contributed by atoms with Crippen molar-refractivity contribution in [1.82, 2.24) is 10.2 Å². The third-order valence-corrected chi connectivity index (χ3v) is 6.62. The highest BCUT2D eigenvalue weighted by atomic mass is 19.2. The van der Waals surface area contributed by atoms with Crippen molar-refractivity contribution in [3.05, 3.63) is 29.6 Å². The largest absolute Gasteiger partial charge is 0.493 e.